The summed E-state index contributed by atoms with van der Waals surface area (Å²) in [5.74, 6) is 0. The van der Waals surface area contributed by atoms with Crippen molar-refractivity contribution in [2.75, 3.05) is 4.90 Å². The van der Waals surface area contributed by atoms with Crippen molar-refractivity contribution in [1.29, 1.82) is 0 Å². The highest BCUT2D eigenvalue weighted by molar-refractivity contribution is 6.07. The molecule has 0 fully saturated rings. The predicted molar refractivity (Wildman–Crippen MR) is 245 cm³/mol. The zero-order chi connectivity index (χ0) is 38.9. The van der Waals surface area contributed by atoms with Gasteiger partial charge in [0.25, 0.3) is 0 Å². The molecule has 12 rings (SSSR count). The third-order valence-electron chi connectivity index (χ3n) is 12.9. The van der Waals surface area contributed by atoms with Crippen LogP contribution >= 0.6 is 0 Å². The minimum Gasteiger partial charge on any atom is -0.456 e. The molecule has 0 bridgehead atoms. The molecule has 0 saturated carbocycles. The first-order chi connectivity index (χ1) is 29.2. The molecular formula is C57H39NO. The van der Waals surface area contributed by atoms with Crippen molar-refractivity contribution in [3.05, 3.63) is 235 Å². The molecule has 2 nitrogen and oxygen atoms in total. The first-order valence-electron chi connectivity index (χ1n) is 20.6. The number of fused-ring (bicyclic) bond motifs is 10. The maximum absolute atomic E-state index is 6.29. The number of para-hydroxylation sites is 2. The number of aryl methyl sites for hydroxylation is 1. The van der Waals surface area contributed by atoms with Crippen LogP contribution in [0.1, 0.15) is 28.7 Å². The molecule has 0 N–H and O–H groups in total. The maximum Gasteiger partial charge on any atom is 0.135 e. The van der Waals surface area contributed by atoms with Crippen molar-refractivity contribution in [2.24, 2.45) is 0 Å². The highest BCUT2D eigenvalue weighted by atomic mass is 16.3. The van der Waals surface area contributed by atoms with E-state index in [9.17, 15) is 0 Å². The number of rotatable bonds is 6. The van der Waals surface area contributed by atoms with E-state index in [0.717, 1.165) is 57.4 Å². The molecule has 0 radical (unpaired) electrons. The topological polar surface area (TPSA) is 16.4 Å². The molecule has 2 aliphatic carbocycles. The van der Waals surface area contributed by atoms with Gasteiger partial charge in [-0.25, -0.2) is 0 Å². The zero-order valence-electron chi connectivity index (χ0n) is 32.5. The Morgan fingerprint density at radius 1 is 0.373 bits per heavy atom. The maximum atomic E-state index is 6.29. The van der Waals surface area contributed by atoms with Crippen molar-refractivity contribution in [3.8, 4) is 44.5 Å². The Bertz CT molecular complexity index is 3210. The molecule has 59 heavy (non-hydrogen) atoms. The highest BCUT2D eigenvalue weighted by Gasteiger charge is 2.48. The third-order valence-corrected chi connectivity index (χ3v) is 12.9. The average Bonchev–Trinajstić information content (AvgIpc) is 3.97. The summed E-state index contributed by atoms with van der Waals surface area (Å²) in [7, 11) is 0. The van der Waals surface area contributed by atoms with Crippen LogP contribution in [0, 0.1) is 0 Å². The molecule has 2 aliphatic rings. The van der Waals surface area contributed by atoms with Gasteiger partial charge in [-0.1, -0.05) is 164 Å². The summed E-state index contributed by atoms with van der Waals surface area (Å²) >= 11 is 0. The van der Waals surface area contributed by atoms with Crippen molar-refractivity contribution >= 4 is 39.0 Å². The van der Waals surface area contributed by atoms with Gasteiger partial charge >= 0.3 is 0 Å². The Hall–Kier alpha value is -7.42. The van der Waals surface area contributed by atoms with Crippen molar-refractivity contribution in [2.45, 2.75) is 18.3 Å². The molecule has 10 aromatic rings. The van der Waals surface area contributed by atoms with Gasteiger partial charge in [-0.05, 0) is 123 Å². The average molecular weight is 754 g/mol. The first kappa shape index (κ1) is 33.7. The summed E-state index contributed by atoms with van der Waals surface area (Å²) in [6.45, 7) is 0. The molecule has 0 saturated heterocycles. The Kier molecular flexibility index (Phi) is 7.61. The second kappa shape index (κ2) is 13.3. The van der Waals surface area contributed by atoms with Crippen LogP contribution in [0.4, 0.5) is 17.1 Å². The highest BCUT2D eigenvalue weighted by Crippen LogP contribution is 2.58. The number of hydrogen-bond acceptors (Lipinski definition) is 2. The lowest BCUT2D eigenvalue weighted by molar-refractivity contribution is 0.626. The lowest BCUT2D eigenvalue weighted by atomic mass is 9.73. The first-order valence-corrected chi connectivity index (χ1v) is 20.6. The molecule has 1 heterocycles. The predicted octanol–water partition coefficient (Wildman–Crippen LogP) is 15.3. The Labute approximate surface area is 344 Å². The van der Waals surface area contributed by atoms with Crippen LogP contribution in [0.5, 0.6) is 0 Å². The van der Waals surface area contributed by atoms with Gasteiger partial charge in [-0.2, -0.15) is 0 Å². The summed E-state index contributed by atoms with van der Waals surface area (Å²) in [5, 5.41) is 2.22. The fourth-order valence-corrected chi connectivity index (χ4v) is 10.2. The minimum atomic E-state index is -0.117. The van der Waals surface area contributed by atoms with Gasteiger partial charge < -0.3 is 9.32 Å². The van der Waals surface area contributed by atoms with E-state index in [0.29, 0.717) is 0 Å². The van der Waals surface area contributed by atoms with Gasteiger partial charge in [0.1, 0.15) is 11.2 Å². The number of nitrogens with zero attached hydrogens (tertiary/aromatic N) is 1. The van der Waals surface area contributed by atoms with Gasteiger partial charge in [-0.3, -0.25) is 0 Å². The van der Waals surface area contributed by atoms with E-state index in [1.54, 1.807) is 0 Å². The van der Waals surface area contributed by atoms with Crippen LogP contribution in [0.25, 0.3) is 66.4 Å². The fourth-order valence-electron chi connectivity index (χ4n) is 10.2. The number of anilines is 3. The largest absolute Gasteiger partial charge is 0.456 e. The second-order valence-corrected chi connectivity index (χ2v) is 16.0. The van der Waals surface area contributed by atoms with Crippen molar-refractivity contribution in [1.82, 2.24) is 0 Å². The number of benzene rings is 9. The van der Waals surface area contributed by atoms with Crippen LogP contribution < -0.4 is 4.90 Å². The Morgan fingerprint density at radius 2 is 0.966 bits per heavy atom. The molecule has 0 aliphatic heterocycles. The van der Waals surface area contributed by atoms with Crippen LogP contribution in [0.15, 0.2) is 217 Å². The van der Waals surface area contributed by atoms with Gasteiger partial charge in [0.2, 0.25) is 0 Å². The molecule has 2 heteroatoms. The molecular weight excluding hydrogens is 715 g/mol. The summed E-state index contributed by atoms with van der Waals surface area (Å²) in [5.41, 5.74) is 20.7. The van der Waals surface area contributed by atoms with Crippen LogP contribution in [0.2, 0.25) is 0 Å². The molecule has 9 aromatic carbocycles. The van der Waals surface area contributed by atoms with Crippen molar-refractivity contribution < 1.29 is 4.42 Å². The molecule has 1 unspecified atom stereocenters. The van der Waals surface area contributed by atoms with Gasteiger partial charge in [0.15, 0.2) is 0 Å². The van der Waals surface area contributed by atoms with E-state index in [2.05, 4.69) is 205 Å². The van der Waals surface area contributed by atoms with Gasteiger partial charge in [-0.15, -0.1) is 0 Å². The fraction of sp³-hybridized carbons (Fsp3) is 0.0526. The van der Waals surface area contributed by atoms with Crippen molar-refractivity contribution in [3.63, 3.8) is 0 Å². The number of furan rings is 1. The summed E-state index contributed by atoms with van der Waals surface area (Å²) < 4.78 is 6.29. The van der Waals surface area contributed by atoms with E-state index in [-0.39, 0.29) is 5.41 Å². The molecule has 0 amide bonds. The SMILES string of the molecule is c1ccc(-c2ccc(-c3ccccc3N(c3ccc(-c4ccc5c(c4)C4(CCc6ccccc64)c4ccccc4-5)cc3)c3ccc4oc5ccccc5c4c3)cc2)cc1. The van der Waals surface area contributed by atoms with E-state index >= 15 is 0 Å². The zero-order valence-corrected chi connectivity index (χ0v) is 32.5. The molecule has 1 aromatic heterocycles. The monoisotopic (exact) mass is 753 g/mol. The van der Waals surface area contributed by atoms with Gasteiger partial charge in [0.05, 0.1) is 5.69 Å². The lowest BCUT2D eigenvalue weighted by Gasteiger charge is -2.29. The Balaban J connectivity index is 0.982. The number of hydrogen-bond donors (Lipinski definition) is 0. The minimum absolute atomic E-state index is 0.117. The normalized spacial score (nSPS) is 15.1. The molecule has 1 atom stereocenters. The second-order valence-electron chi connectivity index (χ2n) is 16.0. The quantitative estimate of drug-likeness (QED) is 0.168. The van der Waals surface area contributed by atoms with Crippen LogP contribution in [-0.4, -0.2) is 0 Å². The smallest absolute Gasteiger partial charge is 0.135 e. The standard InChI is InChI=1S/C57H39NO/c1-2-12-38(13-3-1)39-22-24-41(25-23-39)46-15-6-10-20-54(46)58(45-31-33-56-50(37-45)49-17-7-11-21-55(49)59-56)44-29-26-40(27-30-44)43-28-32-48-47-16-5-9-19-52(47)57(53(48)36-43)35-34-42-14-4-8-18-51(42)57/h1-33,36-37H,34-35H2. The third kappa shape index (κ3) is 5.26. The van der Waals surface area contributed by atoms with Crippen LogP contribution in [0.3, 0.4) is 0 Å². The van der Waals surface area contributed by atoms with E-state index < -0.39 is 0 Å². The molecule has 278 valence electrons. The van der Waals surface area contributed by atoms with Crippen LogP contribution in [-0.2, 0) is 11.8 Å². The van der Waals surface area contributed by atoms with E-state index in [1.807, 2.05) is 12.1 Å². The summed E-state index contributed by atoms with van der Waals surface area (Å²) in [4.78, 5) is 2.40. The Morgan fingerprint density at radius 3 is 1.83 bits per heavy atom. The van der Waals surface area contributed by atoms with Gasteiger partial charge in [0, 0.05) is 33.1 Å². The summed E-state index contributed by atoms with van der Waals surface area (Å²) in [6, 6.07) is 77.7. The molecule has 1 spiro atoms. The van der Waals surface area contributed by atoms with E-state index in [4.69, 9.17) is 4.42 Å². The van der Waals surface area contributed by atoms with E-state index in [1.165, 1.54) is 61.2 Å². The lowest BCUT2D eigenvalue weighted by Crippen LogP contribution is -2.23. The summed E-state index contributed by atoms with van der Waals surface area (Å²) in [6.07, 6.45) is 2.19.